The lowest BCUT2D eigenvalue weighted by molar-refractivity contribution is 0.0787. The predicted molar refractivity (Wildman–Crippen MR) is 95.9 cm³/mol. The van der Waals surface area contributed by atoms with E-state index in [1.807, 2.05) is 12.1 Å². The molecule has 2 rings (SSSR count). The maximum atomic E-state index is 12.2. The molecule has 4 nitrogen and oxygen atoms in total. The van der Waals surface area contributed by atoms with Crippen LogP contribution in [0.1, 0.15) is 30.3 Å². The molecule has 1 aromatic heterocycles. The molecular weight excluding hydrogens is 333 g/mol. The van der Waals surface area contributed by atoms with E-state index < -0.39 is 0 Å². The van der Waals surface area contributed by atoms with Crippen LogP contribution < -0.4 is 5.32 Å². The highest BCUT2D eigenvalue weighted by atomic mass is 35.5. The van der Waals surface area contributed by atoms with Crippen LogP contribution in [0, 0.1) is 0 Å². The van der Waals surface area contributed by atoms with Crippen molar-refractivity contribution in [2.75, 3.05) is 18.9 Å². The molecule has 0 saturated carbocycles. The van der Waals surface area contributed by atoms with Gasteiger partial charge in [0, 0.05) is 19.3 Å². The van der Waals surface area contributed by atoms with E-state index >= 15 is 0 Å². The zero-order valence-electron chi connectivity index (χ0n) is 13.1. The van der Waals surface area contributed by atoms with E-state index in [1.165, 1.54) is 0 Å². The van der Waals surface area contributed by atoms with Crippen LogP contribution in [0.15, 0.2) is 36.5 Å². The molecular formula is C17H19Cl2N3O. The van der Waals surface area contributed by atoms with Crippen LogP contribution >= 0.6 is 23.2 Å². The fraction of sp³-hybridized carbons (Fsp3) is 0.294. The number of rotatable bonds is 6. The minimum atomic E-state index is -0.0699. The third-order valence-corrected chi connectivity index (χ3v) is 4.12. The molecule has 23 heavy (non-hydrogen) atoms. The van der Waals surface area contributed by atoms with Gasteiger partial charge in [-0.05, 0) is 36.8 Å². The Morgan fingerprint density at radius 1 is 1.17 bits per heavy atom. The van der Waals surface area contributed by atoms with Crippen molar-refractivity contribution in [3.8, 4) is 0 Å². The second kappa shape index (κ2) is 8.18. The summed E-state index contributed by atoms with van der Waals surface area (Å²) in [4.78, 5) is 18.1. The highest BCUT2D eigenvalue weighted by molar-refractivity contribution is 6.42. The highest BCUT2D eigenvalue weighted by Gasteiger charge is 2.12. The van der Waals surface area contributed by atoms with Crippen molar-refractivity contribution in [1.82, 2.24) is 9.88 Å². The Kier molecular flexibility index (Phi) is 6.25. The maximum Gasteiger partial charge on any atom is 0.272 e. The Hall–Kier alpha value is -1.78. The van der Waals surface area contributed by atoms with Crippen LogP contribution in [0.5, 0.6) is 0 Å². The largest absolute Gasteiger partial charge is 0.354 e. The van der Waals surface area contributed by atoms with Crippen LogP contribution in [0.4, 0.5) is 11.4 Å². The normalized spacial score (nSPS) is 10.4. The van der Waals surface area contributed by atoms with Crippen molar-refractivity contribution in [1.29, 1.82) is 0 Å². The van der Waals surface area contributed by atoms with Crippen molar-refractivity contribution in [2.24, 2.45) is 0 Å². The first kappa shape index (κ1) is 17.6. The number of nitrogens with one attached hydrogen (secondary N) is 1. The Bertz CT molecular complexity index is 674. The number of pyridine rings is 1. The van der Waals surface area contributed by atoms with Crippen molar-refractivity contribution in [3.63, 3.8) is 0 Å². The molecule has 0 spiro atoms. The number of halogens is 2. The smallest absolute Gasteiger partial charge is 0.272 e. The number of carbonyl (C=O) groups is 1. The van der Waals surface area contributed by atoms with Crippen molar-refractivity contribution in [3.05, 3.63) is 52.3 Å². The average Bonchev–Trinajstić information content (AvgIpc) is 2.56. The van der Waals surface area contributed by atoms with E-state index in [-0.39, 0.29) is 5.91 Å². The zero-order valence-corrected chi connectivity index (χ0v) is 14.7. The molecule has 6 heteroatoms. The summed E-state index contributed by atoms with van der Waals surface area (Å²) in [6.45, 7) is 2.83. The van der Waals surface area contributed by atoms with Crippen LogP contribution in [-0.4, -0.2) is 29.4 Å². The molecule has 1 amide bonds. The summed E-state index contributed by atoms with van der Waals surface area (Å²) in [5.74, 6) is -0.0699. The second-order valence-corrected chi connectivity index (χ2v) is 6.08. The van der Waals surface area contributed by atoms with Gasteiger partial charge in [0.05, 0.1) is 21.9 Å². The van der Waals surface area contributed by atoms with Crippen molar-refractivity contribution >= 4 is 40.5 Å². The van der Waals surface area contributed by atoms with E-state index in [0.29, 0.717) is 15.7 Å². The molecule has 0 aliphatic heterocycles. The van der Waals surface area contributed by atoms with Gasteiger partial charge >= 0.3 is 0 Å². The molecule has 1 heterocycles. The third kappa shape index (κ3) is 4.85. The van der Waals surface area contributed by atoms with Gasteiger partial charge in [-0.3, -0.25) is 4.79 Å². The molecule has 0 bridgehead atoms. The van der Waals surface area contributed by atoms with Gasteiger partial charge in [0.15, 0.2) is 0 Å². The minimum Gasteiger partial charge on any atom is -0.354 e. The van der Waals surface area contributed by atoms with Crippen LogP contribution in [0.3, 0.4) is 0 Å². The lowest BCUT2D eigenvalue weighted by atomic mass is 10.2. The third-order valence-electron chi connectivity index (χ3n) is 3.38. The number of amides is 1. The van der Waals surface area contributed by atoms with E-state index in [4.69, 9.17) is 23.2 Å². The summed E-state index contributed by atoms with van der Waals surface area (Å²) < 4.78 is 0. The quantitative estimate of drug-likeness (QED) is 0.795. The zero-order chi connectivity index (χ0) is 16.8. The molecule has 122 valence electrons. The first-order valence-electron chi connectivity index (χ1n) is 7.45. The molecule has 0 atom stereocenters. The number of hydrogen-bond acceptors (Lipinski definition) is 3. The Morgan fingerprint density at radius 3 is 2.52 bits per heavy atom. The summed E-state index contributed by atoms with van der Waals surface area (Å²) >= 11 is 11.9. The number of benzene rings is 1. The lowest BCUT2D eigenvalue weighted by Gasteiger charge is -2.16. The summed E-state index contributed by atoms with van der Waals surface area (Å²) in [7, 11) is 1.79. The number of anilines is 2. The Balaban J connectivity index is 2.04. The van der Waals surface area contributed by atoms with Gasteiger partial charge in [-0.25, -0.2) is 4.98 Å². The number of carbonyl (C=O) groups excluding carboxylic acids is 1. The van der Waals surface area contributed by atoms with Gasteiger partial charge in [-0.2, -0.15) is 0 Å². The molecule has 0 saturated heterocycles. The molecule has 1 aromatic carbocycles. The van der Waals surface area contributed by atoms with Gasteiger partial charge in [0.2, 0.25) is 0 Å². The van der Waals surface area contributed by atoms with E-state index in [9.17, 15) is 4.79 Å². The van der Waals surface area contributed by atoms with Gasteiger partial charge in [0.1, 0.15) is 5.69 Å². The summed E-state index contributed by atoms with van der Waals surface area (Å²) in [5, 5.41) is 4.16. The second-order valence-electron chi connectivity index (χ2n) is 5.27. The molecule has 0 aliphatic carbocycles. The van der Waals surface area contributed by atoms with Crippen molar-refractivity contribution < 1.29 is 4.79 Å². The first-order valence-corrected chi connectivity index (χ1v) is 8.20. The van der Waals surface area contributed by atoms with Crippen LogP contribution in [-0.2, 0) is 0 Å². The van der Waals surface area contributed by atoms with E-state index in [2.05, 4.69) is 17.2 Å². The van der Waals surface area contributed by atoms with Gasteiger partial charge in [-0.15, -0.1) is 0 Å². The van der Waals surface area contributed by atoms with E-state index in [0.717, 1.165) is 30.8 Å². The fourth-order valence-corrected chi connectivity index (χ4v) is 2.33. The molecule has 0 aliphatic rings. The predicted octanol–water partition coefficient (Wildman–Crippen LogP) is 5.00. The van der Waals surface area contributed by atoms with Gasteiger partial charge in [0.25, 0.3) is 5.91 Å². The van der Waals surface area contributed by atoms with Gasteiger partial charge < -0.3 is 10.2 Å². The summed E-state index contributed by atoms with van der Waals surface area (Å²) in [5.41, 5.74) is 2.01. The number of nitrogens with zero attached hydrogens (tertiary/aromatic N) is 2. The standard InChI is InChI=1S/C17H19Cl2N3O/c1-3-4-9-22(2)17(23)16-8-6-13(11-20-16)21-12-5-7-14(18)15(19)10-12/h5-8,10-11,21H,3-4,9H2,1-2H3. The Morgan fingerprint density at radius 2 is 1.91 bits per heavy atom. The van der Waals surface area contributed by atoms with Crippen LogP contribution in [0.25, 0.3) is 0 Å². The number of hydrogen-bond donors (Lipinski definition) is 1. The van der Waals surface area contributed by atoms with Crippen molar-refractivity contribution in [2.45, 2.75) is 19.8 Å². The molecule has 1 N–H and O–H groups in total. The van der Waals surface area contributed by atoms with E-state index in [1.54, 1.807) is 36.3 Å². The molecule has 0 radical (unpaired) electrons. The first-order chi connectivity index (χ1) is 11.0. The highest BCUT2D eigenvalue weighted by Crippen LogP contribution is 2.26. The topological polar surface area (TPSA) is 45.2 Å². The minimum absolute atomic E-state index is 0.0699. The molecule has 2 aromatic rings. The molecule has 0 unspecified atom stereocenters. The summed E-state index contributed by atoms with van der Waals surface area (Å²) in [6, 6.07) is 8.81. The SMILES string of the molecule is CCCCN(C)C(=O)c1ccc(Nc2ccc(Cl)c(Cl)c2)cn1. The monoisotopic (exact) mass is 351 g/mol. The maximum absolute atomic E-state index is 12.2. The van der Waals surface area contributed by atoms with Crippen LogP contribution in [0.2, 0.25) is 10.0 Å². The lowest BCUT2D eigenvalue weighted by Crippen LogP contribution is -2.28. The molecule has 0 fully saturated rings. The average molecular weight is 352 g/mol. The Labute approximate surface area is 146 Å². The fourth-order valence-electron chi connectivity index (χ4n) is 2.03. The van der Waals surface area contributed by atoms with Gasteiger partial charge in [-0.1, -0.05) is 36.5 Å². The summed E-state index contributed by atoms with van der Waals surface area (Å²) in [6.07, 6.45) is 3.67. The number of unbranched alkanes of at least 4 members (excludes halogenated alkanes) is 1. The number of aromatic nitrogens is 1.